The van der Waals surface area contributed by atoms with E-state index in [0.717, 1.165) is 0 Å². The Morgan fingerprint density at radius 2 is 1.39 bits per heavy atom. The maximum Gasteiger partial charge on any atom is 0.454 e. The number of hydrogen-bond donors (Lipinski definition) is 1. The van der Waals surface area contributed by atoms with Gasteiger partial charge in [-0.1, -0.05) is 18.2 Å². The maximum absolute atomic E-state index is 11.4. The second kappa shape index (κ2) is 8.56. The fraction of sp³-hybridized carbons (Fsp3) is 0.250. The zero-order valence-electron chi connectivity index (χ0n) is 8.31. The van der Waals surface area contributed by atoms with Crippen LogP contribution in [0.2, 0.25) is 0 Å². The molecule has 0 rings (SSSR count). The third-order valence-electron chi connectivity index (χ3n) is 0.838. The molecule has 0 aromatic heterocycles. The molecule has 0 aromatic carbocycles. The summed E-state index contributed by atoms with van der Waals surface area (Å²) in [5.74, 6) is -5.34. The Morgan fingerprint density at radius 1 is 1.11 bits per heavy atom. The Labute approximate surface area is 117 Å². The molecule has 0 heterocycles. The van der Waals surface area contributed by atoms with Gasteiger partial charge >= 0.3 is 12.4 Å². The van der Waals surface area contributed by atoms with Crippen molar-refractivity contribution in [2.24, 2.45) is 0 Å². The fourth-order valence-corrected chi connectivity index (χ4v) is 0.288. The second-order valence-corrected chi connectivity index (χ2v) is 2.94. The van der Waals surface area contributed by atoms with Gasteiger partial charge in [0.1, 0.15) is 0 Å². The van der Waals surface area contributed by atoms with Crippen LogP contribution in [0.3, 0.4) is 0 Å². The van der Waals surface area contributed by atoms with E-state index in [9.17, 15) is 31.1 Å². The minimum Gasteiger partial charge on any atom is -0.504 e. The average Bonchev–Trinajstić information content (AvgIpc) is 1.98. The van der Waals surface area contributed by atoms with Crippen molar-refractivity contribution in [2.45, 2.75) is 12.4 Å². The smallest absolute Gasteiger partial charge is 0.454 e. The average molecular weight is 390 g/mol. The molecule has 0 saturated heterocycles. The van der Waals surface area contributed by atoms with Crippen LogP contribution in [0, 0.1) is 6.92 Å². The first kappa shape index (κ1) is 22.6. The van der Waals surface area contributed by atoms with Crippen molar-refractivity contribution in [3.8, 4) is 0 Å². The minimum atomic E-state index is -5.42. The first-order valence-corrected chi connectivity index (χ1v) is 3.91. The number of aliphatic hydroxyl groups is 1. The molecule has 0 aliphatic carbocycles. The minimum absolute atomic E-state index is 0. The number of allylic oxidation sites excluding steroid dienone is 3. The molecule has 0 fully saturated rings. The van der Waals surface area contributed by atoms with E-state index >= 15 is 0 Å². The van der Waals surface area contributed by atoms with Crippen molar-refractivity contribution in [3.63, 3.8) is 0 Å². The van der Waals surface area contributed by atoms with Gasteiger partial charge in [-0.3, -0.25) is 4.79 Å². The third kappa shape index (κ3) is 13.5. The van der Waals surface area contributed by atoms with Crippen LogP contribution in [-0.4, -0.2) is 23.2 Å². The summed E-state index contributed by atoms with van der Waals surface area (Å²) in [6, 6.07) is 0. The molecule has 109 valence electrons. The zero-order valence-corrected chi connectivity index (χ0v) is 10.6. The molecular formula is C8H6ClF6O2Pd. The topological polar surface area (TPSA) is 37.3 Å². The van der Waals surface area contributed by atoms with E-state index in [1.807, 2.05) is 0 Å². The van der Waals surface area contributed by atoms with Gasteiger partial charge < -0.3 is 5.11 Å². The maximum atomic E-state index is 11.4. The van der Waals surface area contributed by atoms with E-state index in [0.29, 0.717) is 5.03 Å². The van der Waals surface area contributed by atoms with Crippen LogP contribution in [0.4, 0.5) is 26.3 Å². The Hall–Kier alpha value is -0.518. The summed E-state index contributed by atoms with van der Waals surface area (Å²) in [5.41, 5.74) is 0. The molecular weight excluding hydrogens is 384 g/mol. The van der Waals surface area contributed by atoms with Crippen LogP contribution >= 0.6 is 11.6 Å². The Kier molecular flexibility index (Phi) is 10.8. The SMILES string of the molecule is O=C(/C=C(\O)C(F)(F)F)C(F)(F)F.[CH2]C(=C)Cl.[Pd]. The van der Waals surface area contributed by atoms with Crippen molar-refractivity contribution >= 4 is 17.4 Å². The van der Waals surface area contributed by atoms with Gasteiger partial charge in [0.05, 0.1) is 0 Å². The van der Waals surface area contributed by atoms with Crippen LogP contribution in [0.1, 0.15) is 0 Å². The first-order chi connectivity index (χ1) is 7.28. The summed E-state index contributed by atoms with van der Waals surface area (Å²) in [6.45, 7) is 6.42. The summed E-state index contributed by atoms with van der Waals surface area (Å²) >= 11 is 4.97. The van der Waals surface area contributed by atoms with Crippen LogP contribution < -0.4 is 0 Å². The Bertz CT molecular complexity index is 317. The number of carbonyl (C=O) groups is 1. The molecule has 0 aliphatic rings. The van der Waals surface area contributed by atoms with Gasteiger partial charge in [-0.05, 0) is 6.92 Å². The largest absolute Gasteiger partial charge is 0.504 e. The summed E-state index contributed by atoms with van der Waals surface area (Å²) in [5, 5.41) is 8.32. The summed E-state index contributed by atoms with van der Waals surface area (Å²) in [4.78, 5) is 9.86. The monoisotopic (exact) mass is 389 g/mol. The molecule has 0 unspecified atom stereocenters. The number of aliphatic hydroxyl groups excluding tert-OH is 1. The van der Waals surface area contributed by atoms with Gasteiger partial charge in [0, 0.05) is 31.5 Å². The number of carbonyl (C=O) groups excluding carboxylic acids is 1. The predicted molar refractivity (Wildman–Crippen MR) is 48.2 cm³/mol. The van der Waals surface area contributed by atoms with E-state index in [1.165, 1.54) is 0 Å². The molecule has 1 N–H and O–H groups in total. The molecule has 1 radical (unpaired) electrons. The van der Waals surface area contributed by atoms with Gasteiger partial charge in [-0.2, -0.15) is 26.3 Å². The third-order valence-corrected chi connectivity index (χ3v) is 0.838. The molecule has 0 aliphatic heterocycles. The fourth-order valence-electron chi connectivity index (χ4n) is 0.288. The molecule has 0 aromatic rings. The van der Waals surface area contributed by atoms with E-state index in [4.69, 9.17) is 16.7 Å². The summed E-state index contributed by atoms with van der Waals surface area (Å²) < 4.78 is 68.1. The van der Waals surface area contributed by atoms with E-state index in [1.54, 1.807) is 0 Å². The molecule has 0 bridgehead atoms. The molecule has 0 amide bonds. The van der Waals surface area contributed by atoms with Crippen LogP contribution in [0.5, 0.6) is 0 Å². The second-order valence-electron chi connectivity index (χ2n) is 2.41. The Morgan fingerprint density at radius 3 is 1.56 bits per heavy atom. The molecule has 0 saturated carbocycles. The normalized spacial score (nSPS) is 11.9. The summed E-state index contributed by atoms with van der Waals surface area (Å²) in [7, 11) is 0. The van der Waals surface area contributed by atoms with E-state index in [-0.39, 0.29) is 20.4 Å². The predicted octanol–water partition coefficient (Wildman–Crippen LogP) is 3.69. The van der Waals surface area contributed by atoms with Crippen molar-refractivity contribution < 1.29 is 56.7 Å². The van der Waals surface area contributed by atoms with E-state index in [2.05, 4.69) is 13.5 Å². The number of alkyl halides is 6. The van der Waals surface area contributed by atoms with Crippen molar-refractivity contribution in [3.05, 3.63) is 30.4 Å². The van der Waals surface area contributed by atoms with Crippen molar-refractivity contribution in [2.75, 3.05) is 0 Å². The standard InChI is InChI=1S/C5H2F6O2.C3H4Cl.Pd/c6-4(7,8)2(12)1-3(13)5(9,10)11;1-3(2)4;/h1,12H;1-2H2;/b2-1-;;. The van der Waals surface area contributed by atoms with Gasteiger partial charge in [0.25, 0.3) is 5.78 Å². The first-order valence-electron chi connectivity index (χ1n) is 3.54. The number of ketones is 1. The van der Waals surface area contributed by atoms with Gasteiger partial charge in [0.15, 0.2) is 0 Å². The molecule has 2 nitrogen and oxygen atoms in total. The zero-order chi connectivity index (χ0) is 14.4. The van der Waals surface area contributed by atoms with E-state index < -0.39 is 30.0 Å². The summed E-state index contributed by atoms with van der Waals surface area (Å²) in [6.07, 6.45) is -11.7. The van der Waals surface area contributed by atoms with Crippen molar-refractivity contribution in [1.82, 2.24) is 0 Å². The molecule has 10 heteroatoms. The number of halogens is 7. The molecule has 18 heavy (non-hydrogen) atoms. The van der Waals surface area contributed by atoms with Crippen LogP contribution in [0.25, 0.3) is 0 Å². The van der Waals surface area contributed by atoms with Gasteiger partial charge in [-0.15, -0.1) is 0 Å². The van der Waals surface area contributed by atoms with Crippen LogP contribution in [-0.2, 0) is 25.2 Å². The van der Waals surface area contributed by atoms with Gasteiger partial charge in [-0.25, -0.2) is 0 Å². The van der Waals surface area contributed by atoms with Gasteiger partial charge in [0.2, 0.25) is 5.76 Å². The molecule has 0 atom stereocenters. The van der Waals surface area contributed by atoms with Crippen molar-refractivity contribution in [1.29, 1.82) is 0 Å². The Balaban J connectivity index is -0.000000392. The molecule has 0 spiro atoms. The number of hydrogen-bond acceptors (Lipinski definition) is 2. The van der Waals surface area contributed by atoms with Crippen LogP contribution in [0.15, 0.2) is 23.4 Å². The number of rotatable bonds is 1. The quantitative estimate of drug-likeness (QED) is 0.321.